The summed E-state index contributed by atoms with van der Waals surface area (Å²) in [6.07, 6.45) is 2.33. The normalized spacial score (nSPS) is 18.1. The van der Waals surface area contributed by atoms with Crippen molar-refractivity contribution in [3.8, 4) is 11.5 Å². The van der Waals surface area contributed by atoms with Crippen LogP contribution in [0.25, 0.3) is 21.7 Å². The van der Waals surface area contributed by atoms with Gasteiger partial charge in [-0.05, 0) is 51.4 Å². The summed E-state index contributed by atoms with van der Waals surface area (Å²) in [4.78, 5) is 7.26. The molecule has 3 aromatic heterocycles. The van der Waals surface area contributed by atoms with Crippen molar-refractivity contribution in [3.05, 3.63) is 52.8 Å². The molecule has 7 heteroatoms. The summed E-state index contributed by atoms with van der Waals surface area (Å²) in [6, 6.07) is 10.3. The largest absolute Gasteiger partial charge is 0.466 e. The number of fused-ring (bicyclic) bond motifs is 1. The average molecular weight is 395 g/mol. The van der Waals surface area contributed by atoms with E-state index in [2.05, 4.69) is 39.4 Å². The van der Waals surface area contributed by atoms with Gasteiger partial charge in [-0.1, -0.05) is 12.1 Å². The number of likely N-dealkylation sites (tertiary alicyclic amines) is 1. The molecule has 0 amide bonds. The number of benzene rings is 1. The number of aromatic nitrogens is 3. The Labute approximate surface area is 167 Å². The van der Waals surface area contributed by atoms with Gasteiger partial charge in [0.15, 0.2) is 0 Å². The standard InChI is InChI=1S/C21H22N4O2S/c1-13-10-16(14(2)26-13)20-24-23-19(27-20)12-25-9-5-6-15(11-25)21-22-17-7-3-4-8-18(17)28-21/h3-4,7-8,10,15H,5-6,9,11-12H2,1-2H3/t15-/m1/s1. The van der Waals surface area contributed by atoms with Crippen molar-refractivity contribution in [1.82, 2.24) is 20.1 Å². The number of thiazole rings is 1. The van der Waals surface area contributed by atoms with E-state index < -0.39 is 0 Å². The minimum Gasteiger partial charge on any atom is -0.466 e. The number of furan rings is 1. The third-order valence-electron chi connectivity index (χ3n) is 5.26. The molecule has 1 atom stereocenters. The average Bonchev–Trinajstić information content (AvgIpc) is 3.40. The monoisotopic (exact) mass is 394 g/mol. The second-order valence-corrected chi connectivity index (χ2v) is 8.48. The molecule has 0 radical (unpaired) electrons. The third kappa shape index (κ3) is 3.36. The van der Waals surface area contributed by atoms with Crippen molar-refractivity contribution >= 4 is 21.6 Å². The Morgan fingerprint density at radius 2 is 2.07 bits per heavy atom. The zero-order valence-electron chi connectivity index (χ0n) is 16.0. The molecular formula is C21H22N4O2S. The van der Waals surface area contributed by atoms with Gasteiger partial charge in [0.2, 0.25) is 5.89 Å². The summed E-state index contributed by atoms with van der Waals surface area (Å²) in [7, 11) is 0. The molecule has 28 heavy (non-hydrogen) atoms. The lowest BCUT2D eigenvalue weighted by Gasteiger charge is -2.30. The SMILES string of the molecule is Cc1cc(-c2nnc(CN3CCC[C@@H](c4nc5ccccc5s4)C3)o2)c(C)o1. The molecule has 1 fully saturated rings. The third-order valence-corrected chi connectivity index (χ3v) is 6.46. The van der Waals surface area contributed by atoms with Gasteiger partial charge in [0.05, 0.1) is 27.3 Å². The van der Waals surface area contributed by atoms with E-state index in [0.29, 0.717) is 24.2 Å². The lowest BCUT2D eigenvalue weighted by atomic mass is 9.99. The molecular weight excluding hydrogens is 372 g/mol. The first-order valence-electron chi connectivity index (χ1n) is 9.63. The summed E-state index contributed by atoms with van der Waals surface area (Å²) in [6.45, 7) is 6.53. The van der Waals surface area contributed by atoms with Gasteiger partial charge in [-0.15, -0.1) is 21.5 Å². The first-order valence-corrected chi connectivity index (χ1v) is 10.4. The molecule has 5 rings (SSSR count). The van der Waals surface area contributed by atoms with Crippen LogP contribution in [0.3, 0.4) is 0 Å². The zero-order valence-corrected chi connectivity index (χ0v) is 16.8. The summed E-state index contributed by atoms with van der Waals surface area (Å²) in [5.41, 5.74) is 1.98. The van der Waals surface area contributed by atoms with Gasteiger partial charge in [-0.2, -0.15) is 0 Å². The predicted octanol–water partition coefficient (Wildman–Crippen LogP) is 4.94. The lowest BCUT2D eigenvalue weighted by molar-refractivity contribution is 0.184. The number of nitrogens with zero attached hydrogens (tertiary/aromatic N) is 4. The highest BCUT2D eigenvalue weighted by Gasteiger charge is 2.25. The van der Waals surface area contributed by atoms with Crippen LogP contribution in [0.5, 0.6) is 0 Å². The fourth-order valence-corrected chi connectivity index (χ4v) is 5.02. The second kappa shape index (κ2) is 7.14. The van der Waals surface area contributed by atoms with Crippen LogP contribution in [0.2, 0.25) is 0 Å². The minimum atomic E-state index is 0.465. The number of piperidine rings is 1. The topological polar surface area (TPSA) is 68.2 Å². The van der Waals surface area contributed by atoms with Crippen LogP contribution in [0, 0.1) is 13.8 Å². The predicted molar refractivity (Wildman–Crippen MR) is 108 cm³/mol. The van der Waals surface area contributed by atoms with Gasteiger partial charge in [0, 0.05) is 12.5 Å². The van der Waals surface area contributed by atoms with Gasteiger partial charge in [0.1, 0.15) is 11.5 Å². The molecule has 1 saturated heterocycles. The van der Waals surface area contributed by atoms with Gasteiger partial charge in [-0.3, -0.25) is 4.90 Å². The molecule has 0 saturated carbocycles. The van der Waals surface area contributed by atoms with Crippen LogP contribution >= 0.6 is 11.3 Å². The van der Waals surface area contributed by atoms with E-state index in [4.69, 9.17) is 13.8 Å². The Morgan fingerprint density at radius 1 is 1.18 bits per heavy atom. The zero-order chi connectivity index (χ0) is 19.1. The summed E-state index contributed by atoms with van der Waals surface area (Å²) in [5.74, 6) is 3.30. The molecule has 0 unspecified atom stereocenters. The van der Waals surface area contributed by atoms with Crippen molar-refractivity contribution in [3.63, 3.8) is 0 Å². The van der Waals surface area contributed by atoms with Gasteiger partial charge >= 0.3 is 0 Å². The highest BCUT2D eigenvalue weighted by molar-refractivity contribution is 7.18. The summed E-state index contributed by atoms with van der Waals surface area (Å²) < 4.78 is 12.8. The Morgan fingerprint density at radius 3 is 2.89 bits per heavy atom. The van der Waals surface area contributed by atoms with Crippen LogP contribution in [0.1, 0.15) is 41.2 Å². The Bertz CT molecular complexity index is 1080. The minimum absolute atomic E-state index is 0.465. The molecule has 0 spiro atoms. The van der Waals surface area contributed by atoms with Crippen molar-refractivity contribution < 1.29 is 8.83 Å². The number of para-hydroxylation sites is 1. The van der Waals surface area contributed by atoms with Crippen LogP contribution in [-0.4, -0.2) is 33.2 Å². The van der Waals surface area contributed by atoms with Crippen LogP contribution in [0.4, 0.5) is 0 Å². The van der Waals surface area contributed by atoms with E-state index in [1.165, 1.54) is 16.1 Å². The lowest BCUT2D eigenvalue weighted by Crippen LogP contribution is -2.33. The summed E-state index contributed by atoms with van der Waals surface area (Å²) >= 11 is 1.82. The molecule has 1 aliphatic rings. The molecule has 4 heterocycles. The Kier molecular flexibility index (Phi) is 4.49. The molecule has 4 aromatic rings. The smallest absolute Gasteiger partial charge is 0.251 e. The van der Waals surface area contributed by atoms with Crippen molar-refractivity contribution in [2.24, 2.45) is 0 Å². The van der Waals surface area contributed by atoms with Crippen LogP contribution < -0.4 is 0 Å². The number of hydrogen-bond donors (Lipinski definition) is 0. The molecule has 144 valence electrons. The van der Waals surface area contributed by atoms with Crippen molar-refractivity contribution in [1.29, 1.82) is 0 Å². The second-order valence-electron chi connectivity index (χ2n) is 7.42. The maximum Gasteiger partial charge on any atom is 0.251 e. The van der Waals surface area contributed by atoms with Gasteiger partial charge in [-0.25, -0.2) is 4.98 Å². The van der Waals surface area contributed by atoms with E-state index >= 15 is 0 Å². The maximum absolute atomic E-state index is 5.92. The van der Waals surface area contributed by atoms with Crippen LogP contribution in [0.15, 0.2) is 39.2 Å². The fourth-order valence-electron chi connectivity index (χ4n) is 3.93. The number of aryl methyl sites for hydroxylation is 2. The Hall–Kier alpha value is -2.51. The van der Waals surface area contributed by atoms with E-state index in [1.807, 2.05) is 31.3 Å². The van der Waals surface area contributed by atoms with E-state index in [0.717, 1.165) is 42.1 Å². The molecule has 6 nitrogen and oxygen atoms in total. The fraction of sp³-hybridized carbons (Fsp3) is 0.381. The Balaban J connectivity index is 1.30. The molecule has 0 N–H and O–H groups in total. The van der Waals surface area contributed by atoms with Crippen LogP contribution in [-0.2, 0) is 6.54 Å². The van der Waals surface area contributed by atoms with Crippen molar-refractivity contribution in [2.75, 3.05) is 13.1 Å². The molecule has 1 aromatic carbocycles. The number of hydrogen-bond acceptors (Lipinski definition) is 7. The highest BCUT2D eigenvalue weighted by atomic mass is 32.1. The first-order chi connectivity index (χ1) is 13.7. The van der Waals surface area contributed by atoms with E-state index in [-0.39, 0.29) is 0 Å². The highest BCUT2D eigenvalue weighted by Crippen LogP contribution is 2.33. The summed E-state index contributed by atoms with van der Waals surface area (Å²) in [5, 5.41) is 9.71. The quantitative estimate of drug-likeness (QED) is 0.489. The number of rotatable bonds is 4. The molecule has 1 aliphatic heterocycles. The van der Waals surface area contributed by atoms with E-state index in [9.17, 15) is 0 Å². The maximum atomic E-state index is 5.92. The van der Waals surface area contributed by atoms with Gasteiger partial charge < -0.3 is 8.83 Å². The molecule has 0 aliphatic carbocycles. The van der Waals surface area contributed by atoms with E-state index in [1.54, 1.807) is 0 Å². The first kappa shape index (κ1) is 17.6. The van der Waals surface area contributed by atoms with Crippen molar-refractivity contribution in [2.45, 2.75) is 39.2 Å². The van der Waals surface area contributed by atoms with Gasteiger partial charge in [0.25, 0.3) is 5.89 Å². The molecule has 0 bridgehead atoms.